The van der Waals surface area contributed by atoms with Crippen LogP contribution in [0.2, 0.25) is 0 Å². The van der Waals surface area contributed by atoms with Gasteiger partial charge < -0.3 is 4.98 Å². The molecule has 0 bridgehead atoms. The molecule has 0 amide bonds. The summed E-state index contributed by atoms with van der Waals surface area (Å²) in [5, 5.41) is 1.32. The highest BCUT2D eigenvalue weighted by Crippen LogP contribution is 2.39. The van der Waals surface area contributed by atoms with Crippen molar-refractivity contribution in [2.75, 3.05) is 11.5 Å². The fraction of sp³-hybridized carbons (Fsp3) is 0.385. The van der Waals surface area contributed by atoms with Gasteiger partial charge in [-0.3, -0.25) is 0 Å². The van der Waals surface area contributed by atoms with Crippen molar-refractivity contribution >= 4 is 34.4 Å². The topological polar surface area (TPSA) is 15.8 Å². The average Bonchev–Trinajstić information content (AvgIpc) is 2.72. The summed E-state index contributed by atoms with van der Waals surface area (Å²) >= 11 is 4.00. The first-order valence-corrected chi connectivity index (χ1v) is 7.75. The normalized spacial score (nSPS) is 11.4. The summed E-state index contributed by atoms with van der Waals surface area (Å²) in [5.74, 6) is 2.32. The molecular weight excluding hydrogens is 234 g/mol. The number of benzene rings is 1. The van der Waals surface area contributed by atoms with Crippen LogP contribution in [0.5, 0.6) is 0 Å². The zero-order chi connectivity index (χ0) is 11.4. The lowest BCUT2D eigenvalue weighted by molar-refractivity contribution is 1.23. The first-order chi connectivity index (χ1) is 7.85. The van der Waals surface area contributed by atoms with Crippen LogP contribution in [0.15, 0.2) is 30.3 Å². The largest absolute Gasteiger partial charge is 0.357 e. The lowest BCUT2D eigenvalue weighted by Crippen LogP contribution is -1.90. The molecule has 2 aromatic rings. The predicted molar refractivity (Wildman–Crippen MR) is 77.3 cm³/mol. The number of H-pyrrole nitrogens is 1. The monoisotopic (exact) mass is 251 g/mol. The molecule has 0 fully saturated rings. The summed E-state index contributed by atoms with van der Waals surface area (Å²) in [4.78, 5) is 3.52. The van der Waals surface area contributed by atoms with Crippen LogP contribution in [0.1, 0.15) is 24.1 Å². The first-order valence-electron chi connectivity index (χ1n) is 5.66. The predicted octanol–water partition coefficient (Wildman–Crippen LogP) is 4.67. The quantitative estimate of drug-likeness (QED) is 0.777. The molecule has 2 rings (SSSR count). The molecule has 0 aliphatic heterocycles. The van der Waals surface area contributed by atoms with E-state index in [-0.39, 0.29) is 0 Å². The minimum absolute atomic E-state index is 0.544. The van der Waals surface area contributed by atoms with E-state index < -0.39 is 0 Å². The van der Waals surface area contributed by atoms with Crippen LogP contribution in [0, 0.1) is 0 Å². The molecule has 0 saturated heterocycles. The molecule has 1 aromatic heterocycles. The van der Waals surface area contributed by atoms with E-state index in [0.29, 0.717) is 4.58 Å². The molecule has 0 saturated carbocycles. The van der Waals surface area contributed by atoms with E-state index in [1.807, 2.05) is 23.5 Å². The average molecular weight is 251 g/mol. The summed E-state index contributed by atoms with van der Waals surface area (Å²) in [7, 11) is 0. The Labute approximate surface area is 105 Å². The standard InChI is InChI=1S/C13H17NS2/c1-3-15-13(16-4-2)12-9-10-7-5-6-8-11(10)14-12/h5-9,13-14H,3-4H2,1-2H3. The second-order valence-corrected chi connectivity index (χ2v) is 6.62. The van der Waals surface area contributed by atoms with Crippen LogP contribution in [0.4, 0.5) is 0 Å². The number of fused-ring (bicyclic) bond motifs is 1. The summed E-state index contributed by atoms with van der Waals surface area (Å²) < 4.78 is 0.544. The number of nitrogens with one attached hydrogen (secondary N) is 1. The van der Waals surface area contributed by atoms with Gasteiger partial charge in [0.1, 0.15) is 0 Å². The van der Waals surface area contributed by atoms with Crippen molar-refractivity contribution in [3.63, 3.8) is 0 Å². The van der Waals surface area contributed by atoms with Gasteiger partial charge in [-0.25, -0.2) is 0 Å². The molecule has 16 heavy (non-hydrogen) atoms. The summed E-state index contributed by atoms with van der Waals surface area (Å²) in [6, 6.07) is 10.8. The summed E-state index contributed by atoms with van der Waals surface area (Å²) in [5.41, 5.74) is 2.59. The molecule has 0 atom stereocenters. The van der Waals surface area contributed by atoms with Gasteiger partial charge in [-0.15, -0.1) is 23.5 Å². The highest BCUT2D eigenvalue weighted by molar-refractivity contribution is 8.16. The first kappa shape index (κ1) is 11.9. The molecule has 0 unspecified atom stereocenters. The lowest BCUT2D eigenvalue weighted by Gasteiger charge is -2.12. The Morgan fingerprint density at radius 2 is 1.81 bits per heavy atom. The third-order valence-electron chi connectivity index (χ3n) is 2.44. The third-order valence-corrected chi connectivity index (χ3v) is 5.04. The van der Waals surface area contributed by atoms with Gasteiger partial charge in [0.25, 0.3) is 0 Å². The maximum Gasteiger partial charge on any atom is 0.0900 e. The van der Waals surface area contributed by atoms with Crippen LogP contribution < -0.4 is 0 Å². The number of aromatic nitrogens is 1. The number of hydrogen-bond donors (Lipinski definition) is 1. The Morgan fingerprint density at radius 3 is 2.44 bits per heavy atom. The van der Waals surface area contributed by atoms with Gasteiger partial charge >= 0.3 is 0 Å². The van der Waals surface area contributed by atoms with E-state index in [1.54, 1.807) is 0 Å². The summed E-state index contributed by atoms with van der Waals surface area (Å²) in [6.07, 6.45) is 0. The number of aromatic amines is 1. The maximum absolute atomic E-state index is 3.52. The molecule has 1 nitrogen and oxygen atoms in total. The molecule has 0 aliphatic carbocycles. The van der Waals surface area contributed by atoms with Gasteiger partial charge in [0.2, 0.25) is 0 Å². The van der Waals surface area contributed by atoms with Crippen LogP contribution in [-0.4, -0.2) is 16.5 Å². The molecular formula is C13H17NS2. The Morgan fingerprint density at radius 1 is 1.12 bits per heavy atom. The Hall–Kier alpha value is -0.540. The molecule has 3 heteroatoms. The molecule has 86 valence electrons. The molecule has 0 aliphatic rings. The molecule has 1 N–H and O–H groups in total. The Kier molecular flexibility index (Phi) is 4.24. The van der Waals surface area contributed by atoms with Crippen LogP contribution in [0.25, 0.3) is 10.9 Å². The van der Waals surface area contributed by atoms with E-state index in [0.717, 1.165) is 11.5 Å². The van der Waals surface area contributed by atoms with Gasteiger partial charge in [-0.2, -0.15) is 0 Å². The van der Waals surface area contributed by atoms with Gasteiger partial charge in [-0.05, 0) is 29.0 Å². The van der Waals surface area contributed by atoms with E-state index in [4.69, 9.17) is 0 Å². The van der Waals surface area contributed by atoms with Crippen molar-refractivity contribution in [2.45, 2.75) is 18.4 Å². The van der Waals surface area contributed by atoms with Crippen LogP contribution in [-0.2, 0) is 0 Å². The molecule has 0 spiro atoms. The van der Waals surface area contributed by atoms with Gasteiger partial charge in [0.15, 0.2) is 0 Å². The molecule has 0 radical (unpaired) electrons. The second-order valence-electron chi connectivity index (χ2n) is 3.55. The fourth-order valence-corrected chi connectivity index (χ4v) is 4.17. The second kappa shape index (κ2) is 5.69. The highest BCUT2D eigenvalue weighted by Gasteiger charge is 2.13. The summed E-state index contributed by atoms with van der Waals surface area (Å²) in [6.45, 7) is 4.44. The zero-order valence-electron chi connectivity index (χ0n) is 9.69. The van der Waals surface area contributed by atoms with Crippen molar-refractivity contribution in [1.82, 2.24) is 4.98 Å². The zero-order valence-corrected chi connectivity index (χ0v) is 11.3. The van der Waals surface area contributed by atoms with Crippen molar-refractivity contribution in [3.8, 4) is 0 Å². The van der Waals surface area contributed by atoms with Crippen molar-refractivity contribution < 1.29 is 0 Å². The smallest absolute Gasteiger partial charge is 0.0900 e. The highest BCUT2D eigenvalue weighted by atomic mass is 32.2. The minimum Gasteiger partial charge on any atom is -0.357 e. The third kappa shape index (κ3) is 2.58. The van der Waals surface area contributed by atoms with E-state index >= 15 is 0 Å². The maximum atomic E-state index is 3.52. The van der Waals surface area contributed by atoms with E-state index in [9.17, 15) is 0 Å². The van der Waals surface area contributed by atoms with Gasteiger partial charge in [-0.1, -0.05) is 32.0 Å². The van der Waals surface area contributed by atoms with Gasteiger partial charge in [0, 0.05) is 11.2 Å². The van der Waals surface area contributed by atoms with Crippen molar-refractivity contribution in [2.24, 2.45) is 0 Å². The van der Waals surface area contributed by atoms with Crippen molar-refractivity contribution in [1.29, 1.82) is 0 Å². The minimum atomic E-state index is 0.544. The Balaban J connectivity index is 2.29. The SMILES string of the molecule is CCSC(SCC)c1cc2ccccc2[nH]1. The van der Waals surface area contributed by atoms with Gasteiger partial charge in [0.05, 0.1) is 4.58 Å². The number of hydrogen-bond acceptors (Lipinski definition) is 2. The fourth-order valence-electron chi connectivity index (χ4n) is 1.75. The number of para-hydroxylation sites is 1. The van der Waals surface area contributed by atoms with Crippen LogP contribution >= 0.6 is 23.5 Å². The Bertz CT molecular complexity index is 411. The lowest BCUT2D eigenvalue weighted by atomic mass is 10.2. The van der Waals surface area contributed by atoms with E-state index in [2.05, 4.69) is 49.2 Å². The number of rotatable bonds is 5. The van der Waals surface area contributed by atoms with E-state index in [1.165, 1.54) is 16.6 Å². The van der Waals surface area contributed by atoms with Crippen LogP contribution in [0.3, 0.4) is 0 Å². The molecule has 1 heterocycles. The number of thioether (sulfide) groups is 2. The van der Waals surface area contributed by atoms with Crippen molar-refractivity contribution in [3.05, 3.63) is 36.0 Å². The molecule has 1 aromatic carbocycles.